The van der Waals surface area contributed by atoms with Crippen molar-refractivity contribution in [3.8, 4) is 0 Å². The van der Waals surface area contributed by atoms with Crippen LogP contribution in [0.1, 0.15) is 12.8 Å². The third-order valence-corrected chi connectivity index (χ3v) is 3.67. The Morgan fingerprint density at radius 3 is 2.89 bits per heavy atom. The molecule has 0 aliphatic carbocycles. The normalized spacial score (nSPS) is 18.6. The molecule has 0 radical (unpaired) electrons. The Labute approximate surface area is 114 Å². The minimum Gasteiger partial charge on any atom is -0.379 e. The van der Waals surface area contributed by atoms with Crippen LogP contribution in [0.15, 0.2) is 0 Å². The Hall–Kier alpha value is -0.300. The zero-order valence-corrected chi connectivity index (χ0v) is 12.0. The molecule has 1 aliphatic rings. The van der Waals surface area contributed by atoms with Crippen LogP contribution in [0.2, 0.25) is 0 Å². The summed E-state index contributed by atoms with van der Waals surface area (Å²) in [6, 6.07) is -0.360. The van der Waals surface area contributed by atoms with Crippen LogP contribution < -0.4 is 11.1 Å². The van der Waals surface area contributed by atoms with E-state index >= 15 is 0 Å². The first-order chi connectivity index (χ1) is 8.74. The number of nitrogens with one attached hydrogen (secondary N) is 1. The number of carbonyl (C=O) groups is 1. The number of thioether (sulfide) groups is 1. The van der Waals surface area contributed by atoms with Crippen LogP contribution in [0.25, 0.3) is 0 Å². The van der Waals surface area contributed by atoms with Gasteiger partial charge in [-0.25, -0.2) is 0 Å². The minimum absolute atomic E-state index is 0.0222. The molecule has 1 aliphatic heterocycles. The molecule has 6 heteroatoms. The standard InChI is InChI=1S/C12H25N3O2S/c1-18-10-3-11(13)12(16)14-4-2-5-15-6-8-17-9-7-15/h11H,2-10,13H2,1H3,(H,14,16)/t11-/m1/s1. The molecule has 0 saturated carbocycles. The van der Waals surface area contributed by atoms with Crippen LogP contribution in [0.5, 0.6) is 0 Å². The highest BCUT2D eigenvalue weighted by Gasteiger charge is 2.13. The molecular formula is C12H25N3O2S. The first-order valence-electron chi connectivity index (χ1n) is 6.56. The first-order valence-corrected chi connectivity index (χ1v) is 7.95. The van der Waals surface area contributed by atoms with Gasteiger partial charge in [-0.1, -0.05) is 0 Å². The molecule has 1 amide bonds. The Kier molecular flexibility index (Phi) is 8.41. The summed E-state index contributed by atoms with van der Waals surface area (Å²) in [5, 5.41) is 2.90. The number of rotatable bonds is 8. The summed E-state index contributed by atoms with van der Waals surface area (Å²) < 4.78 is 5.28. The van der Waals surface area contributed by atoms with Crippen molar-refractivity contribution in [1.82, 2.24) is 10.2 Å². The number of nitrogens with zero attached hydrogens (tertiary/aromatic N) is 1. The molecule has 5 nitrogen and oxygen atoms in total. The van der Waals surface area contributed by atoms with E-state index < -0.39 is 0 Å². The van der Waals surface area contributed by atoms with E-state index in [2.05, 4.69) is 10.2 Å². The van der Waals surface area contributed by atoms with E-state index in [9.17, 15) is 4.79 Å². The molecule has 0 aromatic rings. The number of ether oxygens (including phenoxy) is 1. The summed E-state index contributed by atoms with van der Waals surface area (Å²) in [6.07, 6.45) is 3.74. The van der Waals surface area contributed by atoms with Gasteiger partial charge in [-0.15, -0.1) is 0 Å². The second kappa shape index (κ2) is 9.61. The third kappa shape index (κ3) is 6.58. The van der Waals surface area contributed by atoms with Crippen LogP contribution in [0.4, 0.5) is 0 Å². The van der Waals surface area contributed by atoms with Crippen LogP contribution in [-0.2, 0) is 9.53 Å². The Morgan fingerprint density at radius 1 is 1.50 bits per heavy atom. The van der Waals surface area contributed by atoms with E-state index in [0.29, 0.717) is 6.54 Å². The van der Waals surface area contributed by atoms with Crippen molar-refractivity contribution in [2.75, 3.05) is 51.4 Å². The van der Waals surface area contributed by atoms with E-state index in [1.165, 1.54) is 0 Å². The lowest BCUT2D eigenvalue weighted by molar-refractivity contribution is -0.122. The van der Waals surface area contributed by atoms with E-state index in [-0.39, 0.29) is 11.9 Å². The van der Waals surface area contributed by atoms with Crippen molar-refractivity contribution < 1.29 is 9.53 Å². The Balaban J connectivity index is 2.00. The maximum Gasteiger partial charge on any atom is 0.236 e. The number of hydrogen-bond acceptors (Lipinski definition) is 5. The van der Waals surface area contributed by atoms with E-state index in [1.54, 1.807) is 11.8 Å². The lowest BCUT2D eigenvalue weighted by atomic mass is 10.2. The van der Waals surface area contributed by atoms with Crippen LogP contribution in [-0.4, -0.2) is 68.3 Å². The van der Waals surface area contributed by atoms with Gasteiger partial charge in [0.05, 0.1) is 19.3 Å². The van der Waals surface area contributed by atoms with Gasteiger partial charge in [0.15, 0.2) is 0 Å². The van der Waals surface area contributed by atoms with Gasteiger partial charge < -0.3 is 15.8 Å². The number of hydrogen-bond donors (Lipinski definition) is 2. The molecule has 0 spiro atoms. The summed E-state index contributed by atoms with van der Waals surface area (Å²) in [5.74, 6) is 0.911. The summed E-state index contributed by atoms with van der Waals surface area (Å²) in [7, 11) is 0. The van der Waals surface area contributed by atoms with Crippen LogP contribution in [0.3, 0.4) is 0 Å². The molecule has 0 bridgehead atoms. The van der Waals surface area contributed by atoms with Crippen molar-refractivity contribution in [1.29, 1.82) is 0 Å². The summed E-state index contributed by atoms with van der Waals surface area (Å²) >= 11 is 1.72. The second-order valence-electron chi connectivity index (χ2n) is 4.49. The highest BCUT2D eigenvalue weighted by atomic mass is 32.2. The van der Waals surface area contributed by atoms with Crippen LogP contribution in [0, 0.1) is 0 Å². The average Bonchev–Trinajstić information content (AvgIpc) is 2.41. The van der Waals surface area contributed by atoms with Crippen molar-refractivity contribution in [2.45, 2.75) is 18.9 Å². The van der Waals surface area contributed by atoms with Crippen molar-refractivity contribution in [3.63, 3.8) is 0 Å². The van der Waals surface area contributed by atoms with E-state index in [0.717, 1.165) is 51.4 Å². The zero-order valence-electron chi connectivity index (χ0n) is 11.2. The molecule has 3 N–H and O–H groups in total. The lowest BCUT2D eigenvalue weighted by Crippen LogP contribution is -2.42. The Bertz CT molecular complexity index is 235. The molecule has 1 saturated heterocycles. The van der Waals surface area contributed by atoms with Gasteiger partial charge >= 0.3 is 0 Å². The number of amides is 1. The van der Waals surface area contributed by atoms with Gasteiger partial charge in [0.1, 0.15) is 0 Å². The SMILES string of the molecule is CSCC[C@@H](N)C(=O)NCCCN1CCOCC1. The third-order valence-electron chi connectivity index (χ3n) is 3.02. The minimum atomic E-state index is -0.360. The second-order valence-corrected chi connectivity index (χ2v) is 5.47. The van der Waals surface area contributed by atoms with E-state index in [4.69, 9.17) is 10.5 Å². The van der Waals surface area contributed by atoms with Crippen molar-refractivity contribution >= 4 is 17.7 Å². The fourth-order valence-electron chi connectivity index (χ4n) is 1.85. The van der Waals surface area contributed by atoms with Gasteiger partial charge in [-0.05, 0) is 31.4 Å². The van der Waals surface area contributed by atoms with Gasteiger partial charge in [-0.2, -0.15) is 11.8 Å². The number of nitrogens with two attached hydrogens (primary N) is 1. The highest BCUT2D eigenvalue weighted by Crippen LogP contribution is 1.99. The molecule has 18 heavy (non-hydrogen) atoms. The van der Waals surface area contributed by atoms with Gasteiger partial charge in [-0.3, -0.25) is 9.69 Å². The molecule has 1 rings (SSSR count). The van der Waals surface area contributed by atoms with E-state index in [1.807, 2.05) is 6.26 Å². The fraction of sp³-hybridized carbons (Fsp3) is 0.917. The number of carbonyl (C=O) groups excluding carboxylic acids is 1. The largest absolute Gasteiger partial charge is 0.379 e. The predicted molar refractivity (Wildman–Crippen MR) is 75.9 cm³/mol. The average molecular weight is 275 g/mol. The fourth-order valence-corrected chi connectivity index (χ4v) is 2.34. The first kappa shape index (κ1) is 15.8. The maximum absolute atomic E-state index is 11.6. The summed E-state index contributed by atoms with van der Waals surface area (Å²) in [4.78, 5) is 14.0. The predicted octanol–water partition coefficient (Wildman–Crippen LogP) is -0.0947. The Morgan fingerprint density at radius 2 is 2.22 bits per heavy atom. The quantitative estimate of drug-likeness (QED) is 0.606. The van der Waals surface area contributed by atoms with Crippen molar-refractivity contribution in [3.05, 3.63) is 0 Å². The maximum atomic E-state index is 11.6. The van der Waals surface area contributed by atoms with Gasteiger partial charge in [0.25, 0.3) is 0 Å². The zero-order chi connectivity index (χ0) is 13.2. The number of morpholine rings is 1. The topological polar surface area (TPSA) is 67.6 Å². The monoisotopic (exact) mass is 275 g/mol. The van der Waals surface area contributed by atoms with Gasteiger partial charge in [0, 0.05) is 19.6 Å². The molecule has 1 heterocycles. The van der Waals surface area contributed by atoms with Crippen molar-refractivity contribution in [2.24, 2.45) is 5.73 Å². The molecule has 0 unspecified atom stereocenters. The highest BCUT2D eigenvalue weighted by molar-refractivity contribution is 7.98. The molecule has 1 atom stereocenters. The van der Waals surface area contributed by atoms with Gasteiger partial charge in [0.2, 0.25) is 5.91 Å². The molecule has 106 valence electrons. The summed E-state index contributed by atoms with van der Waals surface area (Å²) in [6.45, 7) is 5.38. The molecule has 1 fully saturated rings. The smallest absolute Gasteiger partial charge is 0.236 e. The van der Waals surface area contributed by atoms with Crippen LogP contribution >= 0.6 is 11.8 Å². The lowest BCUT2D eigenvalue weighted by Gasteiger charge is -2.26. The molecule has 0 aromatic carbocycles. The molecule has 0 aromatic heterocycles. The molecular weight excluding hydrogens is 250 g/mol. The summed E-state index contributed by atoms with van der Waals surface area (Å²) in [5.41, 5.74) is 5.78.